The van der Waals surface area contributed by atoms with Gasteiger partial charge in [-0.3, -0.25) is 19.5 Å². The summed E-state index contributed by atoms with van der Waals surface area (Å²) in [6.45, 7) is 2.43. The molecule has 2 aromatic carbocycles. The summed E-state index contributed by atoms with van der Waals surface area (Å²) in [6.07, 6.45) is 3.16. The van der Waals surface area contributed by atoms with Gasteiger partial charge >= 0.3 is 5.91 Å². The standard InChI is InChI=1S/C26H21N3O5S/c1-3-34-18-8-9-19-20(14-18)35-26(28-19)29-22(15-10-12-27-13-11-15)21(24(31)25(29)32)23(30)16-4-6-17(33-2)7-5-16/h4-14,22,30H,3H2,1-2H3/b23-21+. The first kappa shape index (κ1) is 22.5. The Kier molecular flexibility index (Phi) is 5.92. The third-order valence-electron chi connectivity index (χ3n) is 5.70. The number of methoxy groups -OCH3 is 1. The third kappa shape index (κ3) is 4.00. The lowest BCUT2D eigenvalue weighted by Gasteiger charge is -2.22. The number of carbonyl (C=O) groups is 2. The number of benzene rings is 2. The van der Waals surface area contributed by atoms with E-state index in [0.717, 1.165) is 4.70 Å². The van der Waals surface area contributed by atoms with Gasteiger partial charge < -0.3 is 14.6 Å². The second kappa shape index (κ2) is 9.19. The predicted octanol–water partition coefficient (Wildman–Crippen LogP) is 4.72. The number of carbonyl (C=O) groups excluding carboxylic acids is 2. The normalized spacial score (nSPS) is 17.2. The van der Waals surface area contributed by atoms with E-state index >= 15 is 0 Å². The molecule has 0 radical (unpaired) electrons. The fourth-order valence-electron chi connectivity index (χ4n) is 4.05. The largest absolute Gasteiger partial charge is 0.507 e. The van der Waals surface area contributed by atoms with E-state index in [2.05, 4.69) is 9.97 Å². The number of aromatic nitrogens is 2. The van der Waals surface area contributed by atoms with Crippen LogP contribution in [0.2, 0.25) is 0 Å². The first-order valence-electron chi connectivity index (χ1n) is 10.9. The molecule has 0 aliphatic carbocycles. The molecule has 1 atom stereocenters. The van der Waals surface area contributed by atoms with Gasteiger partial charge in [0.05, 0.1) is 35.5 Å². The van der Waals surface area contributed by atoms with Crippen LogP contribution < -0.4 is 14.4 Å². The van der Waals surface area contributed by atoms with Crippen LogP contribution in [0.3, 0.4) is 0 Å². The fourth-order valence-corrected chi connectivity index (χ4v) is 5.07. The quantitative estimate of drug-likeness (QED) is 0.238. The van der Waals surface area contributed by atoms with Gasteiger partial charge in [-0.25, -0.2) is 4.98 Å². The van der Waals surface area contributed by atoms with Crippen LogP contribution >= 0.6 is 11.3 Å². The lowest BCUT2D eigenvalue weighted by Crippen LogP contribution is -2.29. The van der Waals surface area contributed by atoms with Crippen molar-refractivity contribution in [3.8, 4) is 11.5 Å². The molecule has 1 amide bonds. The molecule has 1 aliphatic rings. The number of ketones is 1. The van der Waals surface area contributed by atoms with Crippen LogP contribution in [0.25, 0.3) is 16.0 Å². The van der Waals surface area contributed by atoms with Crippen LogP contribution in [-0.2, 0) is 9.59 Å². The maximum atomic E-state index is 13.3. The van der Waals surface area contributed by atoms with Gasteiger partial charge in [0.25, 0.3) is 5.78 Å². The lowest BCUT2D eigenvalue weighted by atomic mass is 9.96. The van der Waals surface area contributed by atoms with Crippen LogP contribution in [0.4, 0.5) is 5.13 Å². The summed E-state index contributed by atoms with van der Waals surface area (Å²) < 4.78 is 11.6. The molecule has 1 N–H and O–H groups in total. The van der Waals surface area contributed by atoms with Crippen molar-refractivity contribution in [3.63, 3.8) is 0 Å². The van der Waals surface area contributed by atoms with Gasteiger partial charge in [0, 0.05) is 18.0 Å². The van der Waals surface area contributed by atoms with E-state index in [1.807, 2.05) is 25.1 Å². The molecule has 1 unspecified atom stereocenters. The topological polar surface area (TPSA) is 102 Å². The Morgan fingerprint density at radius 3 is 2.46 bits per heavy atom. The molecular formula is C26H21N3O5S. The summed E-state index contributed by atoms with van der Waals surface area (Å²) >= 11 is 1.28. The highest BCUT2D eigenvalue weighted by molar-refractivity contribution is 7.22. The molecule has 2 aromatic heterocycles. The maximum Gasteiger partial charge on any atom is 0.301 e. The number of nitrogens with zero attached hydrogens (tertiary/aromatic N) is 3. The van der Waals surface area contributed by atoms with Crippen LogP contribution in [0, 0.1) is 0 Å². The summed E-state index contributed by atoms with van der Waals surface area (Å²) in [6, 6.07) is 14.7. The predicted molar refractivity (Wildman–Crippen MR) is 133 cm³/mol. The number of pyridine rings is 1. The molecule has 0 spiro atoms. The van der Waals surface area contributed by atoms with Crippen LogP contribution in [0.5, 0.6) is 11.5 Å². The Bertz CT molecular complexity index is 1450. The second-order valence-electron chi connectivity index (χ2n) is 7.74. The highest BCUT2D eigenvalue weighted by Crippen LogP contribution is 2.44. The summed E-state index contributed by atoms with van der Waals surface area (Å²) in [5, 5.41) is 11.5. The van der Waals surface area contributed by atoms with Gasteiger partial charge in [-0.1, -0.05) is 11.3 Å². The molecule has 5 rings (SSSR count). The van der Waals surface area contributed by atoms with Crippen molar-refractivity contribution in [2.24, 2.45) is 0 Å². The Hall–Kier alpha value is -4.24. The minimum atomic E-state index is -0.868. The molecule has 9 heteroatoms. The average molecular weight is 488 g/mol. The zero-order chi connectivity index (χ0) is 24.5. The number of hydrogen-bond donors (Lipinski definition) is 1. The fraction of sp³-hybridized carbons (Fsp3) is 0.154. The number of anilines is 1. The van der Waals surface area contributed by atoms with E-state index < -0.39 is 17.7 Å². The number of aliphatic hydroxyl groups excluding tert-OH is 1. The first-order chi connectivity index (χ1) is 17.0. The number of amides is 1. The van der Waals surface area contributed by atoms with Crippen molar-refractivity contribution in [1.82, 2.24) is 9.97 Å². The van der Waals surface area contributed by atoms with E-state index in [-0.39, 0.29) is 11.3 Å². The number of thiazole rings is 1. The van der Waals surface area contributed by atoms with E-state index in [1.165, 1.54) is 16.2 Å². The molecular weight excluding hydrogens is 466 g/mol. The molecule has 1 fully saturated rings. The Morgan fingerprint density at radius 1 is 1.06 bits per heavy atom. The monoisotopic (exact) mass is 487 g/mol. The third-order valence-corrected chi connectivity index (χ3v) is 6.71. The smallest absolute Gasteiger partial charge is 0.301 e. The van der Waals surface area contributed by atoms with Gasteiger partial charge in [-0.05, 0) is 67.1 Å². The van der Waals surface area contributed by atoms with E-state index in [0.29, 0.717) is 39.9 Å². The highest BCUT2D eigenvalue weighted by atomic mass is 32.1. The SMILES string of the molecule is CCOc1ccc2nc(N3C(=O)C(=O)/C(=C(/O)c4ccc(OC)cc4)C3c3ccncc3)sc2c1. The molecule has 1 saturated heterocycles. The van der Waals surface area contributed by atoms with Crippen molar-refractivity contribution in [3.05, 3.63) is 83.7 Å². The molecule has 4 aromatic rings. The molecule has 35 heavy (non-hydrogen) atoms. The first-order valence-corrected chi connectivity index (χ1v) is 11.7. The zero-order valence-electron chi connectivity index (χ0n) is 19.0. The minimum Gasteiger partial charge on any atom is -0.507 e. The van der Waals surface area contributed by atoms with Crippen LogP contribution in [0.1, 0.15) is 24.1 Å². The number of ether oxygens (including phenoxy) is 2. The molecule has 1 aliphatic heterocycles. The van der Waals surface area contributed by atoms with Crippen molar-refractivity contribution in [1.29, 1.82) is 0 Å². The number of fused-ring (bicyclic) bond motifs is 1. The van der Waals surface area contributed by atoms with Crippen molar-refractivity contribution >= 4 is 44.1 Å². The van der Waals surface area contributed by atoms with Crippen molar-refractivity contribution in [2.75, 3.05) is 18.6 Å². The van der Waals surface area contributed by atoms with Crippen LogP contribution in [-0.4, -0.2) is 40.5 Å². The van der Waals surface area contributed by atoms with Gasteiger partial charge in [0.2, 0.25) is 0 Å². The Balaban J connectivity index is 1.66. The maximum absolute atomic E-state index is 13.3. The zero-order valence-corrected chi connectivity index (χ0v) is 19.8. The van der Waals surface area contributed by atoms with E-state index in [9.17, 15) is 14.7 Å². The highest BCUT2D eigenvalue weighted by Gasteiger charge is 2.48. The summed E-state index contributed by atoms with van der Waals surface area (Å²) in [5.41, 5.74) is 1.69. The average Bonchev–Trinajstić information content (AvgIpc) is 3.42. The Morgan fingerprint density at radius 2 is 1.77 bits per heavy atom. The Labute approximate surface area is 205 Å². The summed E-state index contributed by atoms with van der Waals surface area (Å²) in [4.78, 5) is 36.6. The number of Topliss-reactive ketones (excluding diaryl/α,β-unsaturated/α-hetero) is 1. The van der Waals surface area contributed by atoms with E-state index in [1.54, 1.807) is 55.9 Å². The van der Waals surface area contributed by atoms with Gasteiger partial charge in [0.15, 0.2) is 5.13 Å². The van der Waals surface area contributed by atoms with Gasteiger partial charge in [0.1, 0.15) is 17.3 Å². The molecule has 3 heterocycles. The lowest BCUT2D eigenvalue weighted by molar-refractivity contribution is -0.132. The van der Waals surface area contributed by atoms with Gasteiger partial charge in [-0.2, -0.15) is 0 Å². The summed E-state index contributed by atoms with van der Waals surface area (Å²) in [7, 11) is 1.54. The van der Waals surface area contributed by atoms with Crippen molar-refractivity contribution < 1.29 is 24.2 Å². The van der Waals surface area contributed by atoms with Gasteiger partial charge in [-0.15, -0.1) is 0 Å². The summed E-state index contributed by atoms with van der Waals surface area (Å²) in [5.74, 6) is -0.508. The molecule has 176 valence electrons. The number of rotatable bonds is 6. The minimum absolute atomic E-state index is 0.0133. The van der Waals surface area contributed by atoms with E-state index in [4.69, 9.17) is 9.47 Å². The number of aliphatic hydroxyl groups is 1. The molecule has 0 bridgehead atoms. The number of hydrogen-bond acceptors (Lipinski definition) is 8. The molecule has 0 saturated carbocycles. The van der Waals surface area contributed by atoms with Crippen molar-refractivity contribution in [2.45, 2.75) is 13.0 Å². The second-order valence-corrected chi connectivity index (χ2v) is 8.75. The molecule has 8 nitrogen and oxygen atoms in total. The van der Waals surface area contributed by atoms with Crippen LogP contribution in [0.15, 0.2) is 72.6 Å².